The van der Waals surface area contributed by atoms with Crippen LogP contribution < -0.4 is 4.74 Å². The van der Waals surface area contributed by atoms with Gasteiger partial charge in [-0.05, 0) is 30.2 Å². The van der Waals surface area contributed by atoms with Crippen LogP contribution in [0.1, 0.15) is 18.1 Å². The predicted molar refractivity (Wildman–Crippen MR) is 72.0 cm³/mol. The molecule has 0 saturated heterocycles. The molecule has 0 aliphatic carbocycles. The lowest BCUT2D eigenvalue weighted by molar-refractivity contribution is 0.416. The molecule has 0 aliphatic rings. The molecule has 0 amide bonds. The van der Waals surface area contributed by atoms with E-state index in [1.807, 2.05) is 24.3 Å². The van der Waals surface area contributed by atoms with Gasteiger partial charge in [0, 0.05) is 5.56 Å². The molecule has 4 nitrogen and oxygen atoms in total. The SMILES string of the molecule is CCc1ccc(OC)c(-c2cc(C#N)c(O)cn2)c1. The van der Waals surface area contributed by atoms with E-state index in [0.29, 0.717) is 11.4 Å². The van der Waals surface area contributed by atoms with Crippen molar-refractivity contribution in [3.8, 4) is 28.8 Å². The van der Waals surface area contributed by atoms with Gasteiger partial charge in [0.1, 0.15) is 11.8 Å². The standard InChI is InChI=1S/C15H14N2O2/c1-3-10-4-5-15(19-2)12(6-10)13-7-11(8-16)14(18)9-17-13/h4-7,9,18H,3H2,1-2H3. The number of nitriles is 1. The van der Waals surface area contributed by atoms with Crippen LogP contribution in [0.15, 0.2) is 30.5 Å². The first-order valence-electron chi connectivity index (χ1n) is 5.96. The van der Waals surface area contributed by atoms with E-state index in [1.165, 1.54) is 6.20 Å². The largest absolute Gasteiger partial charge is 0.505 e. The molecule has 0 atom stereocenters. The van der Waals surface area contributed by atoms with Gasteiger partial charge in [-0.15, -0.1) is 0 Å². The van der Waals surface area contributed by atoms with Crippen molar-refractivity contribution in [3.05, 3.63) is 41.6 Å². The van der Waals surface area contributed by atoms with E-state index in [4.69, 9.17) is 10.00 Å². The zero-order valence-electron chi connectivity index (χ0n) is 10.8. The summed E-state index contributed by atoms with van der Waals surface area (Å²) in [7, 11) is 1.59. The average molecular weight is 254 g/mol. The minimum absolute atomic E-state index is 0.114. The first-order valence-corrected chi connectivity index (χ1v) is 5.96. The van der Waals surface area contributed by atoms with Gasteiger partial charge < -0.3 is 9.84 Å². The van der Waals surface area contributed by atoms with E-state index < -0.39 is 0 Å². The Labute approximate surface area is 111 Å². The average Bonchev–Trinajstić information content (AvgIpc) is 2.47. The molecular formula is C15H14N2O2. The van der Waals surface area contributed by atoms with Crippen LogP contribution in [0, 0.1) is 11.3 Å². The van der Waals surface area contributed by atoms with Crippen molar-refractivity contribution in [3.63, 3.8) is 0 Å². The molecule has 1 heterocycles. The molecule has 1 N–H and O–H groups in total. The van der Waals surface area contributed by atoms with Crippen molar-refractivity contribution < 1.29 is 9.84 Å². The molecule has 1 aromatic carbocycles. The van der Waals surface area contributed by atoms with Crippen LogP contribution in [0.3, 0.4) is 0 Å². The van der Waals surface area contributed by atoms with E-state index in [0.717, 1.165) is 17.5 Å². The third kappa shape index (κ3) is 2.50. The van der Waals surface area contributed by atoms with Gasteiger partial charge >= 0.3 is 0 Å². The third-order valence-electron chi connectivity index (χ3n) is 2.95. The summed E-state index contributed by atoms with van der Waals surface area (Å²) in [6.07, 6.45) is 2.19. The molecule has 0 radical (unpaired) electrons. The summed E-state index contributed by atoms with van der Waals surface area (Å²) >= 11 is 0. The van der Waals surface area contributed by atoms with E-state index in [9.17, 15) is 5.11 Å². The van der Waals surface area contributed by atoms with Crippen LogP contribution in [0.5, 0.6) is 11.5 Å². The summed E-state index contributed by atoms with van der Waals surface area (Å²) < 4.78 is 5.32. The molecule has 96 valence electrons. The van der Waals surface area contributed by atoms with Gasteiger partial charge in [-0.3, -0.25) is 4.98 Å². The normalized spacial score (nSPS) is 9.95. The number of hydrogen-bond acceptors (Lipinski definition) is 4. The molecule has 0 fully saturated rings. The zero-order valence-corrected chi connectivity index (χ0v) is 10.8. The maximum absolute atomic E-state index is 9.49. The first-order chi connectivity index (χ1) is 9.19. The van der Waals surface area contributed by atoms with Crippen molar-refractivity contribution >= 4 is 0 Å². The number of pyridine rings is 1. The van der Waals surface area contributed by atoms with Crippen molar-refractivity contribution in [2.24, 2.45) is 0 Å². The summed E-state index contributed by atoms with van der Waals surface area (Å²) in [5.74, 6) is 0.580. The molecule has 2 rings (SSSR count). The van der Waals surface area contributed by atoms with Crippen molar-refractivity contribution in [2.75, 3.05) is 7.11 Å². The second-order valence-corrected chi connectivity index (χ2v) is 4.09. The van der Waals surface area contributed by atoms with Crippen molar-refractivity contribution in [1.82, 2.24) is 4.98 Å². The van der Waals surface area contributed by atoms with Crippen LogP contribution in [-0.4, -0.2) is 17.2 Å². The van der Waals surface area contributed by atoms with Crippen LogP contribution in [0.2, 0.25) is 0 Å². The molecule has 0 saturated carbocycles. The Bertz CT molecular complexity index is 645. The lowest BCUT2D eigenvalue weighted by Gasteiger charge is -2.10. The fraction of sp³-hybridized carbons (Fsp3) is 0.200. The number of nitrogens with zero attached hydrogens (tertiary/aromatic N) is 2. The van der Waals surface area contributed by atoms with E-state index in [1.54, 1.807) is 13.2 Å². The number of benzene rings is 1. The van der Waals surface area contributed by atoms with E-state index >= 15 is 0 Å². The Kier molecular flexibility index (Phi) is 3.67. The van der Waals surface area contributed by atoms with Crippen LogP contribution in [-0.2, 0) is 6.42 Å². The number of ether oxygens (including phenoxy) is 1. The molecule has 0 spiro atoms. The lowest BCUT2D eigenvalue weighted by atomic mass is 10.0. The van der Waals surface area contributed by atoms with Gasteiger partial charge in [0.2, 0.25) is 0 Å². The molecule has 0 unspecified atom stereocenters. The Morgan fingerprint density at radius 3 is 2.79 bits per heavy atom. The highest BCUT2D eigenvalue weighted by Crippen LogP contribution is 2.31. The van der Waals surface area contributed by atoms with Gasteiger partial charge in [0.15, 0.2) is 5.75 Å². The minimum Gasteiger partial charge on any atom is -0.505 e. The highest BCUT2D eigenvalue weighted by molar-refractivity contribution is 5.70. The maximum Gasteiger partial charge on any atom is 0.151 e. The second kappa shape index (κ2) is 5.40. The van der Waals surface area contributed by atoms with Crippen LogP contribution in [0.25, 0.3) is 11.3 Å². The van der Waals surface area contributed by atoms with Gasteiger partial charge in [-0.25, -0.2) is 0 Å². The summed E-state index contributed by atoms with van der Waals surface area (Å²) in [6, 6.07) is 9.37. The highest BCUT2D eigenvalue weighted by atomic mass is 16.5. The van der Waals surface area contributed by atoms with E-state index in [2.05, 4.69) is 11.9 Å². The minimum atomic E-state index is -0.114. The topological polar surface area (TPSA) is 66.1 Å². The zero-order chi connectivity index (χ0) is 13.8. The second-order valence-electron chi connectivity index (χ2n) is 4.09. The smallest absolute Gasteiger partial charge is 0.151 e. The van der Waals surface area contributed by atoms with Gasteiger partial charge in [-0.2, -0.15) is 5.26 Å². The number of aryl methyl sites for hydroxylation is 1. The Morgan fingerprint density at radius 2 is 2.16 bits per heavy atom. The van der Waals surface area contributed by atoms with Crippen LogP contribution >= 0.6 is 0 Å². The Hall–Kier alpha value is -2.54. The molecule has 0 aliphatic heterocycles. The highest BCUT2D eigenvalue weighted by Gasteiger charge is 2.11. The number of aromatic hydroxyl groups is 1. The van der Waals surface area contributed by atoms with Crippen molar-refractivity contribution in [2.45, 2.75) is 13.3 Å². The van der Waals surface area contributed by atoms with Crippen LogP contribution in [0.4, 0.5) is 0 Å². The summed E-state index contributed by atoms with van der Waals surface area (Å²) in [5.41, 5.74) is 2.79. The molecule has 0 bridgehead atoms. The summed E-state index contributed by atoms with van der Waals surface area (Å²) in [5, 5.41) is 18.4. The quantitative estimate of drug-likeness (QED) is 0.914. The van der Waals surface area contributed by atoms with Gasteiger partial charge in [0.25, 0.3) is 0 Å². The maximum atomic E-state index is 9.49. The molecular weight excluding hydrogens is 240 g/mol. The summed E-state index contributed by atoms with van der Waals surface area (Å²) in [4.78, 5) is 4.16. The third-order valence-corrected chi connectivity index (χ3v) is 2.95. The molecule has 1 aromatic heterocycles. The number of aromatic nitrogens is 1. The Balaban J connectivity index is 2.60. The number of rotatable bonds is 3. The van der Waals surface area contributed by atoms with Crippen molar-refractivity contribution in [1.29, 1.82) is 5.26 Å². The predicted octanol–water partition coefficient (Wildman–Crippen LogP) is 2.90. The number of methoxy groups -OCH3 is 1. The van der Waals surface area contributed by atoms with Gasteiger partial charge in [0.05, 0.1) is 24.6 Å². The lowest BCUT2D eigenvalue weighted by Crippen LogP contribution is -1.93. The fourth-order valence-electron chi connectivity index (χ4n) is 1.86. The monoisotopic (exact) mass is 254 g/mol. The fourth-order valence-corrected chi connectivity index (χ4v) is 1.86. The van der Waals surface area contributed by atoms with E-state index in [-0.39, 0.29) is 11.3 Å². The molecule has 4 heteroatoms. The Morgan fingerprint density at radius 1 is 1.37 bits per heavy atom. The summed E-state index contributed by atoms with van der Waals surface area (Å²) in [6.45, 7) is 2.07. The van der Waals surface area contributed by atoms with Gasteiger partial charge in [-0.1, -0.05) is 13.0 Å². The molecule has 2 aromatic rings. The first kappa shape index (κ1) is 12.9. The number of hydrogen-bond donors (Lipinski definition) is 1. The molecule has 19 heavy (non-hydrogen) atoms.